The van der Waals surface area contributed by atoms with Gasteiger partial charge in [-0.3, -0.25) is 0 Å². The summed E-state index contributed by atoms with van der Waals surface area (Å²) in [6, 6.07) is 0.0342. The third kappa shape index (κ3) is 5.91. The lowest BCUT2D eigenvalue weighted by Gasteiger charge is -2.43. The van der Waals surface area contributed by atoms with Crippen LogP contribution < -0.4 is 0 Å². The van der Waals surface area contributed by atoms with E-state index in [0.717, 1.165) is 18.7 Å². The molecule has 0 N–H and O–H groups in total. The summed E-state index contributed by atoms with van der Waals surface area (Å²) in [5.74, 6) is 0.832. The Morgan fingerprint density at radius 2 is 1.48 bits per heavy atom. The van der Waals surface area contributed by atoms with Gasteiger partial charge in [-0.1, -0.05) is 41.5 Å². The highest BCUT2D eigenvalue weighted by Gasteiger charge is 2.43. The van der Waals surface area contributed by atoms with Crippen molar-refractivity contribution in [3.05, 3.63) is 0 Å². The second-order valence-corrected chi connectivity index (χ2v) is 19.9. The van der Waals surface area contributed by atoms with E-state index in [1.54, 1.807) is 7.11 Å². The molecule has 1 aliphatic heterocycles. The second kappa shape index (κ2) is 7.83. The van der Waals surface area contributed by atoms with E-state index < -0.39 is 16.6 Å². The fourth-order valence-electron chi connectivity index (χ4n) is 2.29. The van der Waals surface area contributed by atoms with Crippen molar-refractivity contribution in [1.29, 1.82) is 0 Å². The van der Waals surface area contributed by atoms with E-state index in [1.165, 1.54) is 0 Å². The fourth-order valence-corrected chi connectivity index (χ4v) is 4.70. The minimum Gasteiger partial charge on any atom is -0.484 e. The Kier molecular flexibility index (Phi) is 7.16. The van der Waals surface area contributed by atoms with Crippen molar-refractivity contribution >= 4 is 22.5 Å². The molecule has 1 rings (SSSR count). The Balaban J connectivity index is 2.93. The first-order valence-electron chi connectivity index (χ1n) is 9.53. The number of nitrogens with zero attached hydrogens (tertiary/aromatic N) is 1. The molecule has 25 heavy (non-hydrogen) atoms. The molecule has 0 aromatic carbocycles. The average Bonchev–Trinajstić information content (AvgIpc) is 2.43. The smallest absolute Gasteiger partial charge is 0.192 e. The normalized spacial score (nSPS) is 23.4. The van der Waals surface area contributed by atoms with E-state index in [-0.39, 0.29) is 22.2 Å². The van der Waals surface area contributed by atoms with E-state index in [0.29, 0.717) is 6.61 Å². The molecule has 0 unspecified atom stereocenters. The third-order valence-electron chi connectivity index (χ3n) is 6.29. The van der Waals surface area contributed by atoms with Crippen LogP contribution in [0.15, 0.2) is 4.99 Å². The van der Waals surface area contributed by atoms with Crippen molar-refractivity contribution in [3.63, 3.8) is 0 Å². The van der Waals surface area contributed by atoms with Crippen molar-refractivity contribution < 1.29 is 13.6 Å². The van der Waals surface area contributed by atoms with Crippen molar-refractivity contribution in [2.45, 2.75) is 103 Å². The Hall–Kier alpha value is -0.176. The Labute approximate surface area is 158 Å². The molecule has 1 heterocycles. The molecule has 2 atom stereocenters. The monoisotopic (exact) mass is 387 g/mol. The Bertz CT molecular complexity index is 476. The molecule has 0 bridgehead atoms. The molecule has 148 valence electrons. The first-order valence-corrected chi connectivity index (χ1v) is 15.3. The molecule has 6 heteroatoms. The molecular formula is C19H41NO3Si2. The topological polar surface area (TPSA) is 40.0 Å². The van der Waals surface area contributed by atoms with Gasteiger partial charge in [0.25, 0.3) is 0 Å². The number of hydrogen-bond donors (Lipinski definition) is 0. The summed E-state index contributed by atoms with van der Waals surface area (Å²) in [6.45, 7) is 23.5. The van der Waals surface area contributed by atoms with Gasteiger partial charge in [-0.2, -0.15) is 0 Å². The van der Waals surface area contributed by atoms with E-state index in [9.17, 15) is 0 Å². The van der Waals surface area contributed by atoms with Crippen LogP contribution in [0.25, 0.3) is 0 Å². The first-order chi connectivity index (χ1) is 11.1. The van der Waals surface area contributed by atoms with Crippen LogP contribution >= 0.6 is 0 Å². The maximum Gasteiger partial charge on any atom is 0.192 e. The molecule has 0 aliphatic carbocycles. The number of hydrogen-bond acceptors (Lipinski definition) is 4. The molecule has 0 aromatic rings. The van der Waals surface area contributed by atoms with Crippen LogP contribution in [0.1, 0.15) is 54.4 Å². The molecular weight excluding hydrogens is 346 g/mol. The van der Waals surface area contributed by atoms with Crippen molar-refractivity contribution in [2.75, 3.05) is 13.7 Å². The maximum absolute atomic E-state index is 6.71. The highest BCUT2D eigenvalue weighted by molar-refractivity contribution is 6.74. The van der Waals surface area contributed by atoms with Gasteiger partial charge in [0.05, 0.1) is 19.8 Å². The maximum atomic E-state index is 6.71. The van der Waals surface area contributed by atoms with Crippen LogP contribution in [0.4, 0.5) is 0 Å². The number of rotatable bonds is 5. The molecule has 0 spiro atoms. The molecule has 0 amide bonds. The molecule has 0 aromatic heterocycles. The van der Waals surface area contributed by atoms with Crippen LogP contribution in [0.3, 0.4) is 0 Å². The largest absolute Gasteiger partial charge is 0.484 e. The second-order valence-electron chi connectivity index (χ2n) is 10.3. The first kappa shape index (κ1) is 22.9. The highest BCUT2D eigenvalue weighted by atomic mass is 28.4. The summed E-state index contributed by atoms with van der Waals surface area (Å²) in [5.41, 5.74) is 0. The quantitative estimate of drug-likeness (QED) is 0.576. The zero-order valence-electron chi connectivity index (χ0n) is 18.4. The summed E-state index contributed by atoms with van der Waals surface area (Å²) in [7, 11) is -1.92. The molecule has 0 saturated carbocycles. The van der Waals surface area contributed by atoms with Gasteiger partial charge in [-0.15, -0.1) is 0 Å². The number of ether oxygens (including phenoxy) is 1. The standard InChI is InChI=1S/C19H41NO3Si2/c1-18(2,3)24(8,9)22-14-15-16(12-13-17(20-15)21-7)23-25(10,11)19(4,5)6/h15-16H,12-14H2,1-11H3/t15-,16-/m1/s1. The van der Waals surface area contributed by atoms with Gasteiger partial charge in [0.2, 0.25) is 0 Å². The molecule has 0 radical (unpaired) electrons. The van der Waals surface area contributed by atoms with Gasteiger partial charge in [0.15, 0.2) is 22.5 Å². The average molecular weight is 388 g/mol. The zero-order chi connectivity index (χ0) is 19.7. The summed E-state index contributed by atoms with van der Waals surface area (Å²) >= 11 is 0. The van der Waals surface area contributed by atoms with Crippen LogP contribution in [0.5, 0.6) is 0 Å². The zero-order valence-corrected chi connectivity index (χ0v) is 20.4. The van der Waals surface area contributed by atoms with Gasteiger partial charge in [0.1, 0.15) is 6.04 Å². The molecule has 0 saturated heterocycles. The van der Waals surface area contributed by atoms with Crippen LogP contribution in [0.2, 0.25) is 36.3 Å². The van der Waals surface area contributed by atoms with E-state index in [2.05, 4.69) is 67.7 Å². The molecule has 4 nitrogen and oxygen atoms in total. The predicted molar refractivity (Wildman–Crippen MR) is 113 cm³/mol. The van der Waals surface area contributed by atoms with Crippen LogP contribution in [-0.2, 0) is 13.6 Å². The minimum absolute atomic E-state index is 0.0342. The minimum atomic E-state index is -1.83. The SMILES string of the molecule is COC1=N[C@H](CO[Si](C)(C)C(C)(C)C)[C@H](O[Si](C)(C)C(C)(C)C)CC1. The summed E-state index contributed by atoms with van der Waals surface area (Å²) in [5, 5.41) is 0.397. The van der Waals surface area contributed by atoms with Crippen LogP contribution in [-0.4, -0.2) is 48.4 Å². The number of aliphatic imine (C=N–C) groups is 1. The lowest BCUT2D eigenvalue weighted by molar-refractivity contribution is 0.104. The fraction of sp³-hybridized carbons (Fsp3) is 0.947. The lowest BCUT2D eigenvalue weighted by atomic mass is 10.0. The molecule has 1 aliphatic rings. The van der Waals surface area contributed by atoms with Gasteiger partial charge in [-0.25, -0.2) is 4.99 Å². The Morgan fingerprint density at radius 1 is 0.960 bits per heavy atom. The lowest BCUT2D eigenvalue weighted by Crippen LogP contribution is -2.50. The Morgan fingerprint density at radius 3 is 1.92 bits per heavy atom. The van der Waals surface area contributed by atoms with Gasteiger partial charge >= 0.3 is 0 Å². The summed E-state index contributed by atoms with van der Waals surface area (Å²) in [4.78, 5) is 4.82. The summed E-state index contributed by atoms with van der Waals surface area (Å²) in [6.07, 6.45) is 1.95. The predicted octanol–water partition coefficient (Wildman–Crippen LogP) is 5.61. The van der Waals surface area contributed by atoms with Gasteiger partial charge < -0.3 is 13.6 Å². The molecule has 0 fully saturated rings. The van der Waals surface area contributed by atoms with Crippen LogP contribution in [0, 0.1) is 0 Å². The van der Waals surface area contributed by atoms with E-state index in [1.807, 2.05) is 0 Å². The van der Waals surface area contributed by atoms with Gasteiger partial charge in [0, 0.05) is 6.42 Å². The van der Waals surface area contributed by atoms with Crippen molar-refractivity contribution in [2.24, 2.45) is 4.99 Å². The summed E-state index contributed by atoms with van der Waals surface area (Å²) < 4.78 is 18.6. The third-order valence-corrected chi connectivity index (χ3v) is 15.3. The van der Waals surface area contributed by atoms with Crippen molar-refractivity contribution in [3.8, 4) is 0 Å². The number of methoxy groups -OCH3 is 1. The van der Waals surface area contributed by atoms with E-state index >= 15 is 0 Å². The van der Waals surface area contributed by atoms with E-state index in [4.69, 9.17) is 18.6 Å². The van der Waals surface area contributed by atoms with Crippen molar-refractivity contribution in [1.82, 2.24) is 0 Å². The highest BCUT2D eigenvalue weighted by Crippen LogP contribution is 2.40. The van der Waals surface area contributed by atoms with Gasteiger partial charge in [-0.05, 0) is 42.7 Å².